The average Bonchev–Trinajstić information content (AvgIpc) is 2.18. The van der Waals surface area contributed by atoms with Gasteiger partial charge in [0.05, 0.1) is 0 Å². The molecular weight excluding hydrogens is 174 g/mol. The Labute approximate surface area is 84.4 Å². The first-order valence-corrected chi connectivity index (χ1v) is 4.76. The number of aryl methyl sites for hydroxylation is 1. The van der Waals surface area contributed by atoms with Crippen molar-refractivity contribution in [2.45, 2.75) is 19.8 Å². The lowest BCUT2D eigenvalue weighted by atomic mass is 10.1. The van der Waals surface area contributed by atoms with E-state index in [1.54, 1.807) is 6.08 Å². The van der Waals surface area contributed by atoms with Crippen molar-refractivity contribution in [3.63, 3.8) is 0 Å². The molecule has 0 spiro atoms. The lowest BCUT2D eigenvalue weighted by Gasteiger charge is -1.97. The summed E-state index contributed by atoms with van der Waals surface area (Å²) < 4.78 is 0. The van der Waals surface area contributed by atoms with E-state index in [2.05, 4.69) is 19.1 Å². The maximum absolute atomic E-state index is 10.5. The van der Waals surface area contributed by atoms with E-state index in [9.17, 15) is 4.79 Å². The Morgan fingerprint density at radius 1 is 1.50 bits per heavy atom. The predicted octanol–water partition coefficient (Wildman–Crippen LogP) is 2.14. The molecule has 2 N–H and O–H groups in total. The summed E-state index contributed by atoms with van der Waals surface area (Å²) in [4.78, 5) is 10.5. The summed E-state index contributed by atoms with van der Waals surface area (Å²) in [7, 11) is 0. The van der Waals surface area contributed by atoms with Gasteiger partial charge in [0, 0.05) is 6.42 Å². The number of benzene rings is 1. The lowest BCUT2D eigenvalue weighted by molar-refractivity contribution is -0.117. The van der Waals surface area contributed by atoms with Crippen LogP contribution in [0.25, 0.3) is 6.08 Å². The largest absolute Gasteiger partial charge is 0.369 e. The number of hydrogen-bond acceptors (Lipinski definition) is 1. The van der Waals surface area contributed by atoms with Gasteiger partial charge in [-0.2, -0.15) is 0 Å². The van der Waals surface area contributed by atoms with Crippen LogP contribution in [-0.4, -0.2) is 5.91 Å². The van der Waals surface area contributed by atoms with Crippen molar-refractivity contribution in [1.82, 2.24) is 0 Å². The lowest BCUT2D eigenvalue weighted by Crippen LogP contribution is -2.07. The molecule has 1 aromatic rings. The summed E-state index contributed by atoms with van der Waals surface area (Å²) in [6.45, 7) is 2.12. The van der Waals surface area contributed by atoms with Crippen LogP contribution in [0.5, 0.6) is 0 Å². The van der Waals surface area contributed by atoms with E-state index >= 15 is 0 Å². The van der Waals surface area contributed by atoms with E-state index in [0.29, 0.717) is 6.42 Å². The molecule has 14 heavy (non-hydrogen) atoms. The Hall–Kier alpha value is -1.57. The minimum absolute atomic E-state index is 0.298. The molecule has 0 aromatic heterocycles. The summed E-state index contributed by atoms with van der Waals surface area (Å²) >= 11 is 0. The number of primary amides is 1. The topological polar surface area (TPSA) is 43.1 Å². The van der Waals surface area contributed by atoms with Crippen LogP contribution in [-0.2, 0) is 11.2 Å². The molecule has 0 atom stereocenters. The van der Waals surface area contributed by atoms with Gasteiger partial charge in [0.2, 0.25) is 5.91 Å². The third-order valence-corrected chi connectivity index (χ3v) is 1.99. The van der Waals surface area contributed by atoms with Crippen molar-refractivity contribution in [1.29, 1.82) is 0 Å². The fourth-order valence-electron chi connectivity index (χ4n) is 1.23. The maximum Gasteiger partial charge on any atom is 0.221 e. The number of amides is 1. The molecular formula is C12H15NO. The van der Waals surface area contributed by atoms with Crippen molar-refractivity contribution < 1.29 is 4.79 Å². The molecule has 1 aromatic carbocycles. The molecule has 0 aliphatic rings. The van der Waals surface area contributed by atoms with Crippen LogP contribution in [0.2, 0.25) is 0 Å². The Balaban J connectivity index is 2.66. The van der Waals surface area contributed by atoms with Crippen LogP contribution in [0.4, 0.5) is 0 Å². The molecule has 2 nitrogen and oxygen atoms in total. The molecule has 0 aliphatic heterocycles. The maximum atomic E-state index is 10.5. The first-order chi connectivity index (χ1) is 6.72. The average molecular weight is 189 g/mol. The molecule has 0 heterocycles. The molecule has 0 unspecified atom stereocenters. The monoisotopic (exact) mass is 189 g/mol. The number of rotatable bonds is 4. The smallest absolute Gasteiger partial charge is 0.221 e. The molecule has 2 heteroatoms. The highest BCUT2D eigenvalue weighted by molar-refractivity contribution is 5.76. The fourth-order valence-corrected chi connectivity index (χ4v) is 1.23. The van der Waals surface area contributed by atoms with E-state index in [4.69, 9.17) is 5.73 Å². The van der Waals surface area contributed by atoms with Crippen molar-refractivity contribution in [3.05, 3.63) is 41.5 Å². The highest BCUT2D eigenvalue weighted by atomic mass is 16.1. The Bertz CT molecular complexity index is 342. The minimum atomic E-state index is -0.298. The summed E-state index contributed by atoms with van der Waals surface area (Å²) in [6, 6.07) is 8.22. The van der Waals surface area contributed by atoms with E-state index in [-0.39, 0.29) is 5.91 Å². The van der Waals surface area contributed by atoms with Gasteiger partial charge in [-0.05, 0) is 17.5 Å². The molecule has 1 amide bonds. The van der Waals surface area contributed by atoms with E-state index < -0.39 is 0 Å². The first kappa shape index (κ1) is 10.5. The number of hydrogen-bond donors (Lipinski definition) is 1. The van der Waals surface area contributed by atoms with Crippen molar-refractivity contribution in [3.8, 4) is 0 Å². The molecule has 0 saturated heterocycles. The van der Waals surface area contributed by atoms with Crippen molar-refractivity contribution in [2.75, 3.05) is 0 Å². The quantitative estimate of drug-likeness (QED) is 0.774. The Morgan fingerprint density at radius 3 is 2.93 bits per heavy atom. The van der Waals surface area contributed by atoms with Gasteiger partial charge >= 0.3 is 0 Å². The molecule has 74 valence electrons. The van der Waals surface area contributed by atoms with Crippen LogP contribution >= 0.6 is 0 Å². The summed E-state index contributed by atoms with van der Waals surface area (Å²) in [6.07, 6.45) is 5.04. The van der Waals surface area contributed by atoms with Gasteiger partial charge in [0.1, 0.15) is 0 Å². The van der Waals surface area contributed by atoms with Gasteiger partial charge < -0.3 is 5.73 Å². The minimum Gasteiger partial charge on any atom is -0.369 e. The zero-order valence-electron chi connectivity index (χ0n) is 8.36. The molecule has 0 aliphatic carbocycles. The van der Waals surface area contributed by atoms with Crippen LogP contribution in [0, 0.1) is 0 Å². The third kappa shape index (κ3) is 3.44. The van der Waals surface area contributed by atoms with Gasteiger partial charge in [-0.25, -0.2) is 0 Å². The van der Waals surface area contributed by atoms with Crippen LogP contribution < -0.4 is 5.73 Å². The standard InChI is InChI=1S/C12H15NO/c1-2-10-5-3-6-11(9-10)7-4-8-12(13)14/h3-7,9H,2,8H2,1H3,(H2,13,14). The summed E-state index contributed by atoms with van der Waals surface area (Å²) in [5.74, 6) is -0.298. The predicted molar refractivity (Wildman–Crippen MR) is 58.7 cm³/mol. The van der Waals surface area contributed by atoms with E-state index in [1.165, 1.54) is 5.56 Å². The highest BCUT2D eigenvalue weighted by Crippen LogP contribution is 2.07. The van der Waals surface area contributed by atoms with Gasteiger partial charge in [-0.3, -0.25) is 4.79 Å². The SMILES string of the molecule is CCc1cccc(C=CCC(N)=O)c1. The normalized spacial score (nSPS) is 10.6. The number of carbonyl (C=O) groups is 1. The van der Waals surface area contributed by atoms with Gasteiger partial charge in [-0.15, -0.1) is 0 Å². The fraction of sp³-hybridized carbons (Fsp3) is 0.250. The van der Waals surface area contributed by atoms with Crippen LogP contribution in [0.3, 0.4) is 0 Å². The number of carbonyl (C=O) groups excluding carboxylic acids is 1. The zero-order chi connectivity index (χ0) is 10.4. The molecule has 0 bridgehead atoms. The van der Waals surface area contributed by atoms with Crippen molar-refractivity contribution >= 4 is 12.0 Å². The zero-order valence-corrected chi connectivity index (χ0v) is 8.36. The van der Waals surface area contributed by atoms with Gasteiger partial charge in [0.25, 0.3) is 0 Å². The molecule has 0 radical (unpaired) electrons. The highest BCUT2D eigenvalue weighted by Gasteiger charge is 1.91. The summed E-state index contributed by atoms with van der Waals surface area (Å²) in [5, 5.41) is 0. The van der Waals surface area contributed by atoms with E-state index in [1.807, 2.05) is 18.2 Å². The second-order valence-electron chi connectivity index (χ2n) is 3.17. The Kier molecular flexibility index (Phi) is 3.92. The molecule has 0 saturated carbocycles. The summed E-state index contributed by atoms with van der Waals surface area (Å²) in [5.41, 5.74) is 7.44. The first-order valence-electron chi connectivity index (χ1n) is 4.76. The molecule has 1 rings (SSSR count). The van der Waals surface area contributed by atoms with Crippen LogP contribution in [0.15, 0.2) is 30.3 Å². The second kappa shape index (κ2) is 5.22. The molecule has 0 fully saturated rings. The Morgan fingerprint density at radius 2 is 2.29 bits per heavy atom. The second-order valence-corrected chi connectivity index (χ2v) is 3.17. The van der Waals surface area contributed by atoms with Crippen molar-refractivity contribution in [2.24, 2.45) is 5.73 Å². The third-order valence-electron chi connectivity index (χ3n) is 1.99. The van der Waals surface area contributed by atoms with Crippen LogP contribution in [0.1, 0.15) is 24.5 Å². The van der Waals surface area contributed by atoms with E-state index in [0.717, 1.165) is 12.0 Å². The number of nitrogens with two attached hydrogens (primary N) is 1. The van der Waals surface area contributed by atoms with Gasteiger partial charge in [0.15, 0.2) is 0 Å². The van der Waals surface area contributed by atoms with Gasteiger partial charge in [-0.1, -0.05) is 43.3 Å².